The third-order valence-electron chi connectivity index (χ3n) is 3.06. The summed E-state index contributed by atoms with van der Waals surface area (Å²) in [7, 11) is 2.04. The molecule has 1 fully saturated rings. The minimum atomic E-state index is 0.558. The van der Waals surface area contributed by atoms with Gasteiger partial charge in [0.05, 0.1) is 6.61 Å². The maximum atomic E-state index is 5.53. The van der Waals surface area contributed by atoms with Gasteiger partial charge in [-0.2, -0.15) is 0 Å². The van der Waals surface area contributed by atoms with Crippen LogP contribution in [0.2, 0.25) is 0 Å². The fourth-order valence-corrected chi connectivity index (χ4v) is 2.16. The highest BCUT2D eigenvalue weighted by Crippen LogP contribution is 2.19. The van der Waals surface area contributed by atoms with Gasteiger partial charge in [-0.1, -0.05) is 6.92 Å². The van der Waals surface area contributed by atoms with Gasteiger partial charge in [-0.15, -0.1) is 0 Å². The number of hydrogen-bond donors (Lipinski definition) is 1. The predicted molar refractivity (Wildman–Crippen MR) is 62.1 cm³/mol. The quantitative estimate of drug-likeness (QED) is 0.657. The Morgan fingerprint density at radius 1 is 1.47 bits per heavy atom. The van der Waals surface area contributed by atoms with Gasteiger partial charge in [0.15, 0.2) is 0 Å². The lowest BCUT2D eigenvalue weighted by molar-refractivity contribution is 0.0319. The van der Waals surface area contributed by atoms with Crippen LogP contribution in [0.4, 0.5) is 0 Å². The summed E-state index contributed by atoms with van der Waals surface area (Å²) in [6, 6.07) is 0.558. The second-order valence-electron chi connectivity index (χ2n) is 4.27. The molecule has 1 aliphatic rings. The first-order chi connectivity index (χ1) is 7.38. The van der Waals surface area contributed by atoms with Crippen LogP contribution in [0.25, 0.3) is 0 Å². The SMILES string of the molecule is CCCOCCC(NC)C1CCCOC1. The van der Waals surface area contributed by atoms with Gasteiger partial charge >= 0.3 is 0 Å². The molecule has 0 bridgehead atoms. The van der Waals surface area contributed by atoms with Gasteiger partial charge in [0, 0.05) is 25.9 Å². The van der Waals surface area contributed by atoms with E-state index in [9.17, 15) is 0 Å². The van der Waals surface area contributed by atoms with Crippen molar-refractivity contribution in [3.05, 3.63) is 0 Å². The summed E-state index contributed by atoms with van der Waals surface area (Å²) in [6.45, 7) is 5.76. The third kappa shape index (κ3) is 4.96. The molecule has 2 unspecified atom stereocenters. The molecule has 0 aromatic rings. The van der Waals surface area contributed by atoms with Crippen LogP contribution in [0.1, 0.15) is 32.6 Å². The predicted octanol–water partition coefficient (Wildman–Crippen LogP) is 1.82. The second-order valence-corrected chi connectivity index (χ2v) is 4.27. The molecule has 0 amide bonds. The molecule has 2 atom stereocenters. The Balaban J connectivity index is 2.15. The largest absolute Gasteiger partial charge is 0.381 e. The van der Waals surface area contributed by atoms with Gasteiger partial charge in [0.1, 0.15) is 0 Å². The first-order valence-corrected chi connectivity index (χ1v) is 6.21. The molecule has 0 saturated carbocycles. The van der Waals surface area contributed by atoms with E-state index in [1.807, 2.05) is 7.05 Å². The fourth-order valence-electron chi connectivity index (χ4n) is 2.16. The van der Waals surface area contributed by atoms with Crippen molar-refractivity contribution in [2.45, 2.75) is 38.6 Å². The van der Waals surface area contributed by atoms with Crippen LogP contribution in [-0.4, -0.2) is 39.5 Å². The van der Waals surface area contributed by atoms with Crippen molar-refractivity contribution in [3.63, 3.8) is 0 Å². The zero-order valence-electron chi connectivity index (χ0n) is 10.1. The standard InChI is InChI=1S/C12H25NO2/c1-3-7-14-9-6-12(13-2)11-5-4-8-15-10-11/h11-13H,3-10H2,1-2H3. The normalized spacial score (nSPS) is 24.0. The minimum Gasteiger partial charge on any atom is -0.381 e. The molecule has 1 N–H and O–H groups in total. The van der Waals surface area contributed by atoms with Crippen molar-refractivity contribution in [1.29, 1.82) is 0 Å². The average Bonchev–Trinajstić information content (AvgIpc) is 2.30. The van der Waals surface area contributed by atoms with Crippen LogP contribution in [0, 0.1) is 5.92 Å². The summed E-state index contributed by atoms with van der Waals surface area (Å²) in [4.78, 5) is 0. The minimum absolute atomic E-state index is 0.558. The summed E-state index contributed by atoms with van der Waals surface area (Å²) < 4.78 is 11.0. The van der Waals surface area contributed by atoms with Crippen molar-refractivity contribution >= 4 is 0 Å². The Morgan fingerprint density at radius 2 is 2.33 bits per heavy atom. The Labute approximate surface area is 93.5 Å². The van der Waals surface area contributed by atoms with Gasteiger partial charge in [-0.05, 0) is 38.6 Å². The van der Waals surface area contributed by atoms with E-state index in [4.69, 9.17) is 9.47 Å². The monoisotopic (exact) mass is 215 g/mol. The Morgan fingerprint density at radius 3 is 2.93 bits per heavy atom. The smallest absolute Gasteiger partial charge is 0.0509 e. The molecule has 90 valence electrons. The molecule has 0 aromatic heterocycles. The lowest BCUT2D eigenvalue weighted by Gasteiger charge is -2.30. The average molecular weight is 215 g/mol. The third-order valence-corrected chi connectivity index (χ3v) is 3.06. The summed E-state index contributed by atoms with van der Waals surface area (Å²) in [5, 5.41) is 3.39. The first kappa shape index (κ1) is 12.9. The molecule has 1 rings (SSSR count). The summed E-state index contributed by atoms with van der Waals surface area (Å²) in [6.07, 6.45) is 4.71. The number of ether oxygens (including phenoxy) is 2. The molecule has 0 spiro atoms. The molecule has 1 saturated heterocycles. The first-order valence-electron chi connectivity index (χ1n) is 6.21. The lowest BCUT2D eigenvalue weighted by atomic mass is 9.92. The molecule has 0 radical (unpaired) electrons. The molecule has 3 heteroatoms. The molecule has 0 aromatic carbocycles. The molecule has 15 heavy (non-hydrogen) atoms. The van der Waals surface area contributed by atoms with Gasteiger partial charge in [0.2, 0.25) is 0 Å². The number of rotatable bonds is 7. The fraction of sp³-hybridized carbons (Fsp3) is 1.00. The van der Waals surface area contributed by atoms with Crippen LogP contribution >= 0.6 is 0 Å². The van der Waals surface area contributed by atoms with Crippen molar-refractivity contribution in [2.24, 2.45) is 5.92 Å². The van der Waals surface area contributed by atoms with Gasteiger partial charge in [-0.25, -0.2) is 0 Å². The van der Waals surface area contributed by atoms with Crippen molar-refractivity contribution < 1.29 is 9.47 Å². The van der Waals surface area contributed by atoms with E-state index < -0.39 is 0 Å². The van der Waals surface area contributed by atoms with E-state index in [1.165, 1.54) is 12.8 Å². The van der Waals surface area contributed by atoms with Gasteiger partial charge in [0.25, 0.3) is 0 Å². The number of nitrogens with one attached hydrogen (secondary N) is 1. The highest BCUT2D eigenvalue weighted by atomic mass is 16.5. The Kier molecular flexibility index (Phi) is 6.98. The van der Waals surface area contributed by atoms with E-state index >= 15 is 0 Å². The van der Waals surface area contributed by atoms with Gasteiger partial charge < -0.3 is 14.8 Å². The topological polar surface area (TPSA) is 30.5 Å². The highest BCUT2D eigenvalue weighted by Gasteiger charge is 2.22. The maximum Gasteiger partial charge on any atom is 0.0509 e. The van der Waals surface area contributed by atoms with E-state index in [1.54, 1.807) is 0 Å². The maximum absolute atomic E-state index is 5.53. The molecule has 3 nitrogen and oxygen atoms in total. The molecule has 1 heterocycles. The van der Waals surface area contributed by atoms with Crippen molar-refractivity contribution in [2.75, 3.05) is 33.5 Å². The van der Waals surface area contributed by atoms with Crippen LogP contribution in [0.15, 0.2) is 0 Å². The van der Waals surface area contributed by atoms with Crippen LogP contribution < -0.4 is 5.32 Å². The Bertz CT molecular complexity index is 147. The van der Waals surface area contributed by atoms with E-state index in [0.717, 1.165) is 39.3 Å². The summed E-state index contributed by atoms with van der Waals surface area (Å²) in [5.74, 6) is 0.675. The zero-order chi connectivity index (χ0) is 10.9. The molecular formula is C12H25NO2. The molecular weight excluding hydrogens is 190 g/mol. The molecule has 1 aliphatic heterocycles. The van der Waals surface area contributed by atoms with E-state index in [0.29, 0.717) is 12.0 Å². The second kappa shape index (κ2) is 8.08. The van der Waals surface area contributed by atoms with Crippen molar-refractivity contribution in [3.8, 4) is 0 Å². The van der Waals surface area contributed by atoms with Crippen LogP contribution in [-0.2, 0) is 9.47 Å². The van der Waals surface area contributed by atoms with Gasteiger partial charge in [-0.3, -0.25) is 0 Å². The zero-order valence-corrected chi connectivity index (χ0v) is 10.1. The Hall–Kier alpha value is -0.120. The summed E-state index contributed by atoms with van der Waals surface area (Å²) in [5.41, 5.74) is 0. The van der Waals surface area contributed by atoms with E-state index in [2.05, 4.69) is 12.2 Å². The summed E-state index contributed by atoms with van der Waals surface area (Å²) >= 11 is 0. The lowest BCUT2D eigenvalue weighted by Crippen LogP contribution is -2.39. The van der Waals surface area contributed by atoms with E-state index in [-0.39, 0.29) is 0 Å². The molecule has 0 aliphatic carbocycles. The number of hydrogen-bond acceptors (Lipinski definition) is 3. The van der Waals surface area contributed by atoms with Crippen molar-refractivity contribution in [1.82, 2.24) is 5.32 Å². The highest BCUT2D eigenvalue weighted by molar-refractivity contribution is 4.77. The van der Waals surface area contributed by atoms with Crippen LogP contribution in [0.5, 0.6) is 0 Å². The van der Waals surface area contributed by atoms with Crippen LogP contribution in [0.3, 0.4) is 0 Å².